The number of carboxylic acid groups (broad SMARTS) is 1. The number of nitrogens with zero attached hydrogens (tertiary/aromatic N) is 1. The molecule has 1 N–H and O–H groups in total. The van der Waals surface area contributed by atoms with Crippen LogP contribution in [-0.2, 0) is 4.79 Å². The predicted octanol–water partition coefficient (Wildman–Crippen LogP) is 1.72. The smallest absolute Gasteiger partial charge is 0.401 e. The molecule has 1 rings (SSSR count). The molecule has 3 nitrogen and oxygen atoms in total. The zero-order chi connectivity index (χ0) is 12.1. The second kappa shape index (κ2) is 2.80. The first-order valence-corrected chi connectivity index (χ1v) is 3.40. The highest BCUT2D eigenvalue weighted by Crippen LogP contribution is 2.50. The minimum atomic E-state index is -5.49. The van der Waals surface area contributed by atoms with Gasteiger partial charge in [-0.15, -0.1) is 5.12 Å². The number of rotatable bonds is 1. The molecular weight excluding hydrogens is 232 g/mol. The molecule has 0 spiro atoms. The minimum absolute atomic E-state index is 0.430. The van der Waals surface area contributed by atoms with Gasteiger partial charge in [0.25, 0.3) is 0 Å². The van der Waals surface area contributed by atoms with Crippen molar-refractivity contribution in [3.8, 4) is 0 Å². The minimum Gasteiger partial charge on any atom is -0.478 e. The third-order valence-corrected chi connectivity index (χ3v) is 1.85. The molecule has 0 fully saturated rings. The molecule has 0 aliphatic carbocycles. The van der Waals surface area contributed by atoms with Crippen LogP contribution in [0, 0.1) is 0 Å². The van der Waals surface area contributed by atoms with Gasteiger partial charge in [0.05, 0.1) is 0 Å². The molecule has 0 radical (unpaired) electrons. The lowest BCUT2D eigenvalue weighted by Crippen LogP contribution is -2.67. The lowest BCUT2D eigenvalue weighted by atomic mass is 9.92. The summed E-state index contributed by atoms with van der Waals surface area (Å²) < 4.78 is 76.0. The van der Waals surface area contributed by atoms with Crippen LogP contribution in [0.25, 0.3) is 0 Å². The fraction of sp³-hybridized carbons (Fsp3) is 0.500. The monoisotopic (exact) mass is 235 g/mol. The maximum Gasteiger partial charge on any atom is 0.401 e. The van der Waals surface area contributed by atoms with E-state index >= 15 is 0 Å². The molecule has 9 heteroatoms. The lowest BCUT2D eigenvalue weighted by molar-refractivity contribution is -0.322. The quantitative estimate of drug-likeness (QED) is 0.427. The van der Waals surface area contributed by atoms with Crippen molar-refractivity contribution in [3.63, 3.8) is 0 Å². The van der Waals surface area contributed by atoms with Gasteiger partial charge in [0.1, 0.15) is 0 Å². The Bertz CT molecular complexity index is 330. The topological polar surface area (TPSA) is 40.5 Å². The van der Waals surface area contributed by atoms with Crippen molar-refractivity contribution in [2.75, 3.05) is 0 Å². The van der Waals surface area contributed by atoms with E-state index in [9.17, 15) is 31.2 Å². The van der Waals surface area contributed by atoms with E-state index in [1.165, 1.54) is 0 Å². The van der Waals surface area contributed by atoms with Crippen LogP contribution < -0.4 is 0 Å². The first kappa shape index (κ1) is 11.7. The van der Waals surface area contributed by atoms with Crippen molar-refractivity contribution < 1.29 is 36.3 Å². The molecule has 0 amide bonds. The van der Waals surface area contributed by atoms with Crippen molar-refractivity contribution in [1.82, 2.24) is 5.12 Å². The fourth-order valence-corrected chi connectivity index (χ4v) is 0.986. The first-order valence-electron chi connectivity index (χ1n) is 3.40. The zero-order valence-electron chi connectivity index (χ0n) is 6.73. The van der Waals surface area contributed by atoms with Gasteiger partial charge in [-0.2, -0.15) is 17.6 Å². The Hall–Kier alpha value is -1.41. The number of alkyl halides is 5. The number of hydrogen-bond donors (Lipinski definition) is 1. The van der Waals surface area contributed by atoms with Crippen LogP contribution in [0.4, 0.5) is 26.4 Å². The second-order valence-corrected chi connectivity index (χ2v) is 2.75. The van der Waals surface area contributed by atoms with Crippen molar-refractivity contribution in [3.05, 3.63) is 12.3 Å². The molecule has 1 atom stereocenters. The van der Waals surface area contributed by atoms with Crippen LogP contribution in [0.5, 0.6) is 0 Å². The van der Waals surface area contributed by atoms with Gasteiger partial charge in [-0.05, 0) is 0 Å². The fourth-order valence-electron chi connectivity index (χ4n) is 0.986. The van der Waals surface area contributed by atoms with Crippen LogP contribution >= 0.6 is 0 Å². The Balaban J connectivity index is 3.43. The second-order valence-electron chi connectivity index (χ2n) is 2.75. The molecule has 1 aliphatic rings. The van der Waals surface area contributed by atoms with E-state index in [1.807, 2.05) is 0 Å². The Kier molecular flexibility index (Phi) is 2.17. The summed E-state index contributed by atoms with van der Waals surface area (Å²) in [7, 11) is 0. The lowest BCUT2D eigenvalue weighted by Gasteiger charge is -2.38. The molecule has 0 saturated heterocycles. The first-order chi connectivity index (χ1) is 6.57. The molecule has 0 aromatic rings. The summed E-state index contributed by atoms with van der Waals surface area (Å²) in [4.78, 5) is 10.1. The highest BCUT2D eigenvalue weighted by Gasteiger charge is 2.79. The van der Waals surface area contributed by atoms with Crippen molar-refractivity contribution in [1.29, 1.82) is 0 Å². The third kappa shape index (κ3) is 1.18. The average Bonchev–Trinajstić information content (AvgIpc) is 2.09. The molecule has 15 heavy (non-hydrogen) atoms. The number of carbonyl (C=O) groups is 1. The molecule has 0 aromatic carbocycles. The van der Waals surface area contributed by atoms with E-state index in [-0.39, 0.29) is 0 Å². The number of hydrogen-bond acceptors (Lipinski definition) is 2. The zero-order valence-corrected chi connectivity index (χ0v) is 6.73. The van der Waals surface area contributed by atoms with Gasteiger partial charge in [-0.1, -0.05) is 4.48 Å². The summed E-state index contributed by atoms with van der Waals surface area (Å²) >= 11 is 0. The maximum absolute atomic E-state index is 13.1. The Morgan fingerprint density at radius 2 is 1.67 bits per heavy atom. The summed E-state index contributed by atoms with van der Waals surface area (Å²) in [5.41, 5.74) is -5.34. The average molecular weight is 235 g/mol. The van der Waals surface area contributed by atoms with E-state index in [1.54, 1.807) is 0 Å². The van der Waals surface area contributed by atoms with Crippen LogP contribution in [0.1, 0.15) is 0 Å². The molecule has 0 saturated carbocycles. The SMILES string of the molecule is O=C(O)C1(F)C(F)(F)C=CN(F)C1(F)F. The summed E-state index contributed by atoms with van der Waals surface area (Å²) in [6.45, 7) is 0. The Morgan fingerprint density at radius 1 is 1.20 bits per heavy atom. The van der Waals surface area contributed by atoms with Gasteiger partial charge < -0.3 is 5.11 Å². The van der Waals surface area contributed by atoms with E-state index < -0.39 is 41.0 Å². The summed E-state index contributed by atoms with van der Waals surface area (Å²) in [5, 5.41) is 6.31. The predicted molar refractivity (Wildman–Crippen MR) is 33.5 cm³/mol. The molecule has 1 heterocycles. The highest BCUT2D eigenvalue weighted by molar-refractivity contribution is 5.81. The normalized spacial score (nSPS) is 32.8. The molecular formula is C6H3F6NO2. The molecule has 0 bridgehead atoms. The van der Waals surface area contributed by atoms with Crippen molar-refractivity contribution in [2.45, 2.75) is 17.6 Å². The van der Waals surface area contributed by atoms with Gasteiger partial charge in [-0.3, -0.25) is 0 Å². The van der Waals surface area contributed by atoms with Gasteiger partial charge in [0.15, 0.2) is 0 Å². The number of allylic oxidation sites excluding steroid dienone is 1. The summed E-state index contributed by atoms with van der Waals surface area (Å²) in [6, 6.07) is -5.49. The molecule has 86 valence electrons. The van der Waals surface area contributed by atoms with Crippen molar-refractivity contribution >= 4 is 5.97 Å². The van der Waals surface area contributed by atoms with Crippen LogP contribution in [0.15, 0.2) is 12.3 Å². The van der Waals surface area contributed by atoms with Gasteiger partial charge in [0, 0.05) is 12.3 Å². The molecule has 1 unspecified atom stereocenters. The van der Waals surface area contributed by atoms with Crippen LogP contribution in [0.2, 0.25) is 0 Å². The molecule has 0 aromatic heterocycles. The standard InChI is InChI=1S/C6H3F6NO2/c7-4(8)1-2-13(12)6(10,11)5(4,9)3(14)15/h1-2H,(H,14,15). The Labute approximate surface area is 78.5 Å². The van der Waals surface area contributed by atoms with Gasteiger partial charge >= 0.3 is 23.6 Å². The third-order valence-electron chi connectivity index (χ3n) is 1.85. The van der Waals surface area contributed by atoms with E-state index in [2.05, 4.69) is 0 Å². The summed E-state index contributed by atoms with van der Waals surface area (Å²) in [5.74, 6) is -8.16. The molecule has 1 aliphatic heterocycles. The largest absolute Gasteiger partial charge is 0.478 e. The number of carboxylic acids is 1. The number of halogens is 6. The maximum atomic E-state index is 13.1. The van der Waals surface area contributed by atoms with E-state index in [0.29, 0.717) is 0 Å². The van der Waals surface area contributed by atoms with Gasteiger partial charge in [0.2, 0.25) is 0 Å². The van der Waals surface area contributed by atoms with E-state index in [4.69, 9.17) is 5.11 Å². The van der Waals surface area contributed by atoms with Crippen LogP contribution in [0.3, 0.4) is 0 Å². The van der Waals surface area contributed by atoms with Crippen molar-refractivity contribution in [2.24, 2.45) is 0 Å². The highest BCUT2D eigenvalue weighted by atomic mass is 19.3. The summed E-state index contributed by atoms with van der Waals surface area (Å²) in [6.07, 6.45) is -1.01. The van der Waals surface area contributed by atoms with Crippen LogP contribution in [-0.4, -0.2) is 33.8 Å². The van der Waals surface area contributed by atoms with E-state index in [0.717, 1.165) is 0 Å². The number of aliphatic carboxylic acids is 1. The van der Waals surface area contributed by atoms with Gasteiger partial charge in [-0.25, -0.2) is 9.18 Å². The Morgan fingerprint density at radius 3 is 2.00 bits per heavy atom.